The molecule has 0 fully saturated rings. The van der Waals surface area contributed by atoms with E-state index in [9.17, 15) is 4.79 Å². The van der Waals surface area contributed by atoms with Crippen LogP contribution in [0.3, 0.4) is 0 Å². The van der Waals surface area contributed by atoms with Gasteiger partial charge in [-0.2, -0.15) is 0 Å². The molecule has 5 nitrogen and oxygen atoms in total. The van der Waals surface area contributed by atoms with Gasteiger partial charge in [0.2, 0.25) is 5.88 Å². The first-order valence-corrected chi connectivity index (χ1v) is 7.18. The minimum Gasteiger partial charge on any atom is -0.495 e. The Morgan fingerprint density at radius 3 is 2.86 bits per heavy atom. The van der Waals surface area contributed by atoms with Crippen LogP contribution in [-0.2, 0) is 0 Å². The molecule has 0 spiro atoms. The van der Waals surface area contributed by atoms with E-state index in [1.165, 1.54) is 7.11 Å². The average Bonchev–Trinajstić information content (AvgIpc) is 2.51. The molecule has 1 heterocycles. The number of ether oxygens (including phenoxy) is 2. The number of aromatic nitrogens is 1. The summed E-state index contributed by atoms with van der Waals surface area (Å²) in [6, 6.07) is 6.76. The number of anilines is 1. The summed E-state index contributed by atoms with van der Waals surface area (Å²) < 4.78 is 10.6. The summed E-state index contributed by atoms with van der Waals surface area (Å²) >= 11 is 6.06. The minimum absolute atomic E-state index is 0.298. The summed E-state index contributed by atoms with van der Waals surface area (Å²) in [6.07, 6.45) is 1.58. The molecule has 0 saturated carbocycles. The SMILES string of the molecule is CCOc1ncccc1C(=O)Nc1cc(C)c(Cl)cc1OC. The van der Waals surface area contributed by atoms with Gasteiger partial charge in [0.15, 0.2) is 0 Å². The lowest BCUT2D eigenvalue weighted by atomic mass is 10.2. The molecule has 1 amide bonds. The van der Waals surface area contributed by atoms with Crippen LogP contribution < -0.4 is 14.8 Å². The lowest BCUT2D eigenvalue weighted by Crippen LogP contribution is -2.15. The van der Waals surface area contributed by atoms with Gasteiger partial charge in [0, 0.05) is 17.3 Å². The van der Waals surface area contributed by atoms with Crippen molar-refractivity contribution in [3.8, 4) is 11.6 Å². The van der Waals surface area contributed by atoms with Gasteiger partial charge in [0.05, 0.1) is 19.4 Å². The highest BCUT2D eigenvalue weighted by Crippen LogP contribution is 2.31. The molecular weight excluding hydrogens is 304 g/mol. The average molecular weight is 321 g/mol. The van der Waals surface area contributed by atoms with Gasteiger partial charge >= 0.3 is 0 Å². The molecule has 0 saturated heterocycles. The van der Waals surface area contributed by atoms with Gasteiger partial charge in [0.25, 0.3) is 5.91 Å². The number of amides is 1. The predicted octanol–water partition coefficient (Wildman–Crippen LogP) is 3.70. The second-order valence-corrected chi connectivity index (χ2v) is 4.95. The summed E-state index contributed by atoms with van der Waals surface area (Å²) in [4.78, 5) is 16.5. The smallest absolute Gasteiger partial charge is 0.261 e. The first kappa shape index (κ1) is 16.1. The Kier molecular flexibility index (Phi) is 5.22. The summed E-state index contributed by atoms with van der Waals surface area (Å²) in [5, 5.41) is 3.38. The van der Waals surface area contributed by atoms with Crippen molar-refractivity contribution < 1.29 is 14.3 Å². The molecule has 0 unspecified atom stereocenters. The number of hydrogen-bond acceptors (Lipinski definition) is 4. The molecule has 0 atom stereocenters. The zero-order valence-corrected chi connectivity index (χ0v) is 13.4. The second kappa shape index (κ2) is 7.13. The molecular formula is C16H17ClN2O3. The Morgan fingerprint density at radius 2 is 2.18 bits per heavy atom. The number of aryl methyl sites for hydroxylation is 1. The molecule has 2 rings (SSSR count). The molecule has 0 aliphatic heterocycles. The van der Waals surface area contributed by atoms with E-state index in [-0.39, 0.29) is 5.91 Å². The van der Waals surface area contributed by atoms with Crippen molar-refractivity contribution >= 4 is 23.2 Å². The van der Waals surface area contributed by atoms with Crippen molar-refractivity contribution in [2.75, 3.05) is 19.0 Å². The van der Waals surface area contributed by atoms with Gasteiger partial charge in [-0.25, -0.2) is 4.98 Å². The van der Waals surface area contributed by atoms with Gasteiger partial charge < -0.3 is 14.8 Å². The third-order valence-corrected chi connectivity index (χ3v) is 3.43. The fraction of sp³-hybridized carbons (Fsp3) is 0.250. The van der Waals surface area contributed by atoms with Crippen molar-refractivity contribution in [3.05, 3.63) is 46.6 Å². The number of carbonyl (C=O) groups is 1. The molecule has 1 aromatic carbocycles. The molecule has 116 valence electrons. The first-order valence-electron chi connectivity index (χ1n) is 6.80. The first-order chi connectivity index (χ1) is 10.6. The summed E-state index contributed by atoms with van der Waals surface area (Å²) in [7, 11) is 1.52. The van der Waals surface area contributed by atoms with E-state index in [4.69, 9.17) is 21.1 Å². The van der Waals surface area contributed by atoms with Crippen LogP contribution in [0.4, 0.5) is 5.69 Å². The predicted molar refractivity (Wildman–Crippen MR) is 86.1 cm³/mol. The lowest BCUT2D eigenvalue weighted by molar-refractivity contribution is 0.102. The van der Waals surface area contributed by atoms with Crippen molar-refractivity contribution in [1.82, 2.24) is 4.98 Å². The van der Waals surface area contributed by atoms with E-state index in [0.717, 1.165) is 5.56 Å². The Morgan fingerprint density at radius 1 is 1.41 bits per heavy atom. The quantitative estimate of drug-likeness (QED) is 0.912. The maximum atomic E-state index is 12.5. The van der Waals surface area contributed by atoms with Gasteiger partial charge in [-0.3, -0.25) is 4.79 Å². The van der Waals surface area contributed by atoms with Gasteiger partial charge in [-0.15, -0.1) is 0 Å². The van der Waals surface area contributed by atoms with Crippen LogP contribution >= 0.6 is 11.6 Å². The molecule has 22 heavy (non-hydrogen) atoms. The van der Waals surface area contributed by atoms with Crippen LogP contribution in [-0.4, -0.2) is 24.6 Å². The second-order valence-electron chi connectivity index (χ2n) is 4.54. The number of rotatable bonds is 5. The summed E-state index contributed by atoms with van der Waals surface area (Å²) in [5.74, 6) is 0.467. The number of nitrogens with zero attached hydrogens (tertiary/aromatic N) is 1. The molecule has 0 aliphatic carbocycles. The number of pyridine rings is 1. The zero-order valence-electron chi connectivity index (χ0n) is 12.6. The highest BCUT2D eigenvalue weighted by Gasteiger charge is 2.16. The van der Waals surface area contributed by atoms with Crippen molar-refractivity contribution in [2.45, 2.75) is 13.8 Å². The number of benzene rings is 1. The van der Waals surface area contributed by atoms with Gasteiger partial charge in [-0.05, 0) is 37.6 Å². The number of hydrogen-bond donors (Lipinski definition) is 1. The van der Waals surface area contributed by atoms with Crippen molar-refractivity contribution in [3.63, 3.8) is 0 Å². The number of nitrogens with one attached hydrogen (secondary N) is 1. The molecule has 6 heteroatoms. The fourth-order valence-electron chi connectivity index (χ4n) is 1.93. The van der Waals surface area contributed by atoms with E-state index >= 15 is 0 Å². The molecule has 1 N–H and O–H groups in total. The van der Waals surface area contributed by atoms with E-state index in [1.807, 2.05) is 13.8 Å². The van der Waals surface area contributed by atoms with Crippen molar-refractivity contribution in [2.24, 2.45) is 0 Å². The topological polar surface area (TPSA) is 60.5 Å². The summed E-state index contributed by atoms with van der Waals surface area (Å²) in [5.41, 5.74) is 1.74. The highest BCUT2D eigenvalue weighted by molar-refractivity contribution is 6.31. The number of methoxy groups -OCH3 is 1. The molecule has 0 radical (unpaired) electrons. The largest absolute Gasteiger partial charge is 0.495 e. The van der Waals surface area contributed by atoms with E-state index in [1.54, 1.807) is 30.5 Å². The molecule has 0 bridgehead atoms. The standard InChI is InChI=1S/C16H17ClN2O3/c1-4-22-16-11(6-5-7-18-16)15(20)19-13-8-10(2)12(17)9-14(13)21-3/h5-9H,4H2,1-3H3,(H,19,20). The van der Waals surface area contributed by atoms with Crippen LogP contribution in [0.5, 0.6) is 11.6 Å². The maximum Gasteiger partial charge on any atom is 0.261 e. The Balaban J connectivity index is 2.31. The van der Waals surface area contributed by atoms with Crippen LogP contribution in [0.15, 0.2) is 30.5 Å². The Labute approximate surface area is 134 Å². The normalized spacial score (nSPS) is 10.2. The number of halogens is 1. The van der Waals surface area contributed by atoms with Crippen LogP contribution in [0.25, 0.3) is 0 Å². The van der Waals surface area contributed by atoms with Crippen LogP contribution in [0.1, 0.15) is 22.8 Å². The van der Waals surface area contributed by atoms with E-state index in [0.29, 0.717) is 34.5 Å². The van der Waals surface area contributed by atoms with E-state index in [2.05, 4.69) is 10.3 Å². The number of carbonyl (C=O) groups excluding carboxylic acids is 1. The van der Waals surface area contributed by atoms with E-state index < -0.39 is 0 Å². The highest BCUT2D eigenvalue weighted by atomic mass is 35.5. The molecule has 2 aromatic rings. The molecule has 1 aromatic heterocycles. The van der Waals surface area contributed by atoms with Crippen LogP contribution in [0.2, 0.25) is 5.02 Å². The van der Waals surface area contributed by atoms with Gasteiger partial charge in [-0.1, -0.05) is 11.6 Å². The maximum absolute atomic E-state index is 12.5. The Hall–Kier alpha value is -2.27. The zero-order chi connectivity index (χ0) is 16.1. The third kappa shape index (κ3) is 3.49. The Bertz CT molecular complexity index is 689. The lowest BCUT2D eigenvalue weighted by Gasteiger charge is -2.13. The minimum atomic E-state index is -0.323. The third-order valence-electron chi connectivity index (χ3n) is 3.03. The monoisotopic (exact) mass is 320 g/mol. The van der Waals surface area contributed by atoms with Gasteiger partial charge in [0.1, 0.15) is 11.3 Å². The molecule has 0 aliphatic rings. The van der Waals surface area contributed by atoms with Crippen molar-refractivity contribution in [1.29, 1.82) is 0 Å². The van der Waals surface area contributed by atoms with Crippen LogP contribution in [0, 0.1) is 6.92 Å². The summed E-state index contributed by atoms with van der Waals surface area (Å²) in [6.45, 7) is 4.12. The fourth-order valence-corrected chi connectivity index (χ4v) is 2.09.